The Hall–Kier alpha value is -2.77. The van der Waals surface area contributed by atoms with Crippen molar-refractivity contribution in [2.45, 2.75) is 24.6 Å². The molecule has 0 saturated carbocycles. The molecule has 2 aromatic heterocycles. The fourth-order valence-electron chi connectivity index (χ4n) is 2.65. The van der Waals surface area contributed by atoms with Crippen molar-refractivity contribution in [1.82, 2.24) is 20.3 Å². The zero-order valence-corrected chi connectivity index (χ0v) is 17.3. The molecule has 2 aromatic carbocycles. The Kier molecular flexibility index (Phi) is 5.60. The van der Waals surface area contributed by atoms with Gasteiger partial charge in [-0.2, -0.15) is 4.98 Å². The van der Waals surface area contributed by atoms with Crippen molar-refractivity contribution in [3.63, 3.8) is 0 Å². The van der Waals surface area contributed by atoms with Gasteiger partial charge in [-0.3, -0.25) is 0 Å². The van der Waals surface area contributed by atoms with E-state index in [1.165, 1.54) is 35.0 Å². The maximum absolute atomic E-state index is 13.3. The summed E-state index contributed by atoms with van der Waals surface area (Å²) < 4.78 is 18.6. The SMILES string of the molecule is Cc1ccc(-c2ccc(SCc3nc(-c4ccc(F)c(Cl)c4)no3)nn2)cc1C. The molecule has 0 saturated heterocycles. The van der Waals surface area contributed by atoms with Crippen LogP contribution in [0.4, 0.5) is 4.39 Å². The number of benzene rings is 2. The van der Waals surface area contributed by atoms with Gasteiger partial charge in [0.25, 0.3) is 0 Å². The minimum atomic E-state index is -0.488. The van der Waals surface area contributed by atoms with Gasteiger partial charge < -0.3 is 4.52 Å². The van der Waals surface area contributed by atoms with Crippen LogP contribution in [0.5, 0.6) is 0 Å². The number of halogens is 2. The maximum Gasteiger partial charge on any atom is 0.237 e. The first kappa shape index (κ1) is 19.5. The van der Waals surface area contributed by atoms with E-state index in [2.05, 4.69) is 46.3 Å². The van der Waals surface area contributed by atoms with Crippen molar-refractivity contribution in [2.75, 3.05) is 0 Å². The number of rotatable bonds is 5. The summed E-state index contributed by atoms with van der Waals surface area (Å²) in [6.45, 7) is 4.16. The fraction of sp³-hybridized carbons (Fsp3) is 0.143. The first-order chi connectivity index (χ1) is 14.0. The molecule has 5 nitrogen and oxygen atoms in total. The van der Waals surface area contributed by atoms with Gasteiger partial charge >= 0.3 is 0 Å². The number of hydrogen-bond donors (Lipinski definition) is 0. The van der Waals surface area contributed by atoms with E-state index < -0.39 is 5.82 Å². The van der Waals surface area contributed by atoms with Crippen molar-refractivity contribution in [2.24, 2.45) is 0 Å². The second kappa shape index (κ2) is 8.31. The lowest BCUT2D eigenvalue weighted by Crippen LogP contribution is -1.91. The molecule has 0 fully saturated rings. The largest absolute Gasteiger partial charge is 0.338 e. The van der Waals surface area contributed by atoms with Crippen LogP contribution >= 0.6 is 23.4 Å². The van der Waals surface area contributed by atoms with E-state index in [4.69, 9.17) is 16.1 Å². The lowest BCUT2D eigenvalue weighted by Gasteiger charge is -2.05. The van der Waals surface area contributed by atoms with Gasteiger partial charge in [-0.1, -0.05) is 40.7 Å². The molecule has 0 aliphatic heterocycles. The van der Waals surface area contributed by atoms with Crippen LogP contribution in [0.1, 0.15) is 17.0 Å². The van der Waals surface area contributed by atoms with E-state index in [1.54, 1.807) is 6.07 Å². The molecule has 4 rings (SSSR count). The smallest absolute Gasteiger partial charge is 0.237 e. The second-order valence-electron chi connectivity index (χ2n) is 6.49. The molecule has 146 valence electrons. The number of nitrogens with zero attached hydrogens (tertiary/aromatic N) is 4. The molecular formula is C21H16ClFN4OS. The zero-order chi connectivity index (χ0) is 20.4. The Balaban J connectivity index is 1.42. The van der Waals surface area contributed by atoms with E-state index in [9.17, 15) is 4.39 Å². The lowest BCUT2D eigenvalue weighted by molar-refractivity contribution is 0.391. The second-order valence-corrected chi connectivity index (χ2v) is 7.89. The molecule has 4 aromatic rings. The summed E-state index contributed by atoms with van der Waals surface area (Å²) in [7, 11) is 0. The highest BCUT2D eigenvalue weighted by atomic mass is 35.5. The molecule has 0 aliphatic rings. The van der Waals surface area contributed by atoms with E-state index in [1.807, 2.05) is 18.2 Å². The highest BCUT2D eigenvalue weighted by Gasteiger charge is 2.12. The Morgan fingerprint density at radius 1 is 0.966 bits per heavy atom. The Morgan fingerprint density at radius 2 is 1.79 bits per heavy atom. The predicted octanol–water partition coefficient (Wildman–Crippen LogP) is 5.90. The van der Waals surface area contributed by atoms with Crippen molar-refractivity contribution >= 4 is 23.4 Å². The van der Waals surface area contributed by atoms with Gasteiger partial charge in [0.2, 0.25) is 11.7 Å². The standard InChI is InChI=1S/C21H16ClFN4OS/c1-12-3-4-14(9-13(12)2)18-7-8-20(26-25-18)29-11-19-24-21(27-28-19)15-5-6-17(23)16(22)10-15/h3-10H,11H2,1-2H3. The van der Waals surface area contributed by atoms with E-state index >= 15 is 0 Å². The number of aryl methyl sites for hydroxylation is 2. The highest BCUT2D eigenvalue weighted by Crippen LogP contribution is 2.26. The first-order valence-electron chi connectivity index (χ1n) is 8.82. The zero-order valence-electron chi connectivity index (χ0n) is 15.7. The third-order valence-corrected chi connectivity index (χ3v) is 5.63. The Bertz CT molecular complexity index is 1160. The molecule has 8 heteroatoms. The molecular weight excluding hydrogens is 411 g/mol. The van der Waals surface area contributed by atoms with Gasteiger partial charge in [-0.15, -0.1) is 10.2 Å². The van der Waals surface area contributed by atoms with Crippen LogP contribution in [-0.2, 0) is 5.75 Å². The van der Waals surface area contributed by atoms with Crippen LogP contribution < -0.4 is 0 Å². The van der Waals surface area contributed by atoms with Gasteiger partial charge in [0.15, 0.2) is 0 Å². The monoisotopic (exact) mass is 426 g/mol. The third-order valence-electron chi connectivity index (χ3n) is 4.43. The molecule has 0 N–H and O–H groups in total. The molecule has 0 bridgehead atoms. The van der Waals surface area contributed by atoms with E-state index in [0.717, 1.165) is 16.3 Å². The summed E-state index contributed by atoms with van der Waals surface area (Å²) in [4.78, 5) is 4.32. The van der Waals surface area contributed by atoms with Crippen LogP contribution in [0.25, 0.3) is 22.6 Å². The number of hydrogen-bond acceptors (Lipinski definition) is 6. The fourth-order valence-corrected chi connectivity index (χ4v) is 3.49. The van der Waals surface area contributed by atoms with Crippen molar-refractivity contribution in [1.29, 1.82) is 0 Å². The van der Waals surface area contributed by atoms with Crippen LogP contribution in [0, 0.1) is 19.7 Å². The van der Waals surface area contributed by atoms with Gasteiger partial charge in [0.05, 0.1) is 16.5 Å². The molecule has 0 aliphatic carbocycles. The first-order valence-corrected chi connectivity index (χ1v) is 10.2. The average Bonchev–Trinajstić information content (AvgIpc) is 3.20. The molecule has 0 unspecified atom stereocenters. The predicted molar refractivity (Wildman–Crippen MR) is 111 cm³/mol. The Morgan fingerprint density at radius 3 is 2.52 bits per heavy atom. The molecule has 2 heterocycles. The number of thioether (sulfide) groups is 1. The van der Waals surface area contributed by atoms with E-state index in [-0.39, 0.29) is 5.02 Å². The highest BCUT2D eigenvalue weighted by molar-refractivity contribution is 7.98. The quantitative estimate of drug-likeness (QED) is 0.370. The van der Waals surface area contributed by atoms with E-state index in [0.29, 0.717) is 23.0 Å². The minimum absolute atomic E-state index is 0.0161. The molecule has 0 radical (unpaired) electrons. The van der Waals surface area contributed by atoms with Crippen molar-refractivity contribution < 1.29 is 8.91 Å². The van der Waals surface area contributed by atoms with Crippen molar-refractivity contribution in [3.8, 4) is 22.6 Å². The summed E-state index contributed by atoms with van der Waals surface area (Å²) in [5, 5.41) is 13.3. The molecule has 0 amide bonds. The van der Waals surface area contributed by atoms with Gasteiger partial charge in [-0.05, 0) is 61.4 Å². The summed E-state index contributed by atoms with van der Waals surface area (Å²) >= 11 is 7.25. The lowest BCUT2D eigenvalue weighted by atomic mass is 10.0. The number of aromatic nitrogens is 4. The van der Waals surface area contributed by atoms with Crippen molar-refractivity contribution in [3.05, 3.63) is 76.4 Å². The van der Waals surface area contributed by atoms with Crippen LogP contribution in [0.3, 0.4) is 0 Å². The summed E-state index contributed by atoms with van der Waals surface area (Å²) in [5.41, 5.74) is 4.92. The third kappa shape index (κ3) is 4.46. The summed E-state index contributed by atoms with van der Waals surface area (Å²) in [5.74, 6) is 0.751. The maximum atomic E-state index is 13.3. The Labute approximate surface area is 176 Å². The van der Waals surface area contributed by atoms with Crippen LogP contribution in [0.2, 0.25) is 5.02 Å². The minimum Gasteiger partial charge on any atom is -0.338 e. The molecule has 0 atom stereocenters. The average molecular weight is 427 g/mol. The topological polar surface area (TPSA) is 64.7 Å². The summed E-state index contributed by atoms with van der Waals surface area (Å²) in [6.07, 6.45) is 0. The van der Waals surface area contributed by atoms with Gasteiger partial charge in [0.1, 0.15) is 10.8 Å². The van der Waals surface area contributed by atoms with Gasteiger partial charge in [-0.25, -0.2) is 4.39 Å². The molecule has 0 spiro atoms. The van der Waals surface area contributed by atoms with Gasteiger partial charge in [0, 0.05) is 11.1 Å². The molecule has 29 heavy (non-hydrogen) atoms. The summed E-state index contributed by atoms with van der Waals surface area (Å²) in [6, 6.07) is 14.4. The normalized spacial score (nSPS) is 11.0. The van der Waals surface area contributed by atoms with Crippen LogP contribution in [0.15, 0.2) is 58.1 Å². The van der Waals surface area contributed by atoms with Crippen LogP contribution in [-0.4, -0.2) is 20.3 Å².